The van der Waals surface area contributed by atoms with E-state index in [0.29, 0.717) is 21.4 Å². The van der Waals surface area contributed by atoms with Crippen molar-refractivity contribution in [1.82, 2.24) is 0 Å². The summed E-state index contributed by atoms with van der Waals surface area (Å²) in [6.07, 6.45) is 2.06. The molecule has 5 aromatic carbocycles. The number of halogens is 3. The highest BCUT2D eigenvalue weighted by Gasteiger charge is 2.39. The molecule has 6 heteroatoms. The summed E-state index contributed by atoms with van der Waals surface area (Å²) in [4.78, 5) is 13.0. The van der Waals surface area contributed by atoms with E-state index in [1.807, 2.05) is 91.0 Å². The van der Waals surface area contributed by atoms with E-state index in [9.17, 15) is 9.18 Å². The van der Waals surface area contributed by atoms with Crippen LogP contribution in [0.3, 0.4) is 0 Å². The summed E-state index contributed by atoms with van der Waals surface area (Å²) in [5, 5.41) is 0.850. The minimum Gasteiger partial charge on any atom is -0.428 e. The van der Waals surface area contributed by atoms with Gasteiger partial charge in [0.1, 0.15) is 23.8 Å². The van der Waals surface area contributed by atoms with Gasteiger partial charge in [-0.2, -0.15) is 0 Å². The second-order valence-electron chi connectivity index (χ2n) is 10.4. The summed E-state index contributed by atoms with van der Waals surface area (Å²) >= 11 is 13.3. The van der Waals surface area contributed by atoms with Gasteiger partial charge in [0.25, 0.3) is 0 Å². The van der Waals surface area contributed by atoms with Gasteiger partial charge in [-0.25, -0.2) is 4.39 Å². The highest BCUT2D eigenvalue weighted by atomic mass is 35.5. The lowest BCUT2D eigenvalue weighted by Gasteiger charge is -2.36. The maximum absolute atomic E-state index is 13.4. The second kappa shape index (κ2) is 12.6. The van der Waals surface area contributed by atoms with Crippen molar-refractivity contribution in [2.24, 2.45) is 5.92 Å². The molecular weight excluding hydrogens is 582 g/mol. The van der Waals surface area contributed by atoms with Gasteiger partial charge in [0.2, 0.25) is 0 Å². The van der Waals surface area contributed by atoms with E-state index >= 15 is 0 Å². The van der Waals surface area contributed by atoms with Gasteiger partial charge in [0.15, 0.2) is 0 Å². The summed E-state index contributed by atoms with van der Waals surface area (Å²) in [5.41, 5.74) is 4.10. The first-order valence-corrected chi connectivity index (χ1v) is 14.7. The standard InChI is InChI=1S/C37H27Cl2FO3/c38-34-22-26(25-16-18-31(40)19-17-25)23-35(39)33(34)21-27-20-32(43-36(27)41)24-42-37(28-10-4-1-5-11-28,29-12-6-2-7-13-29)30-14-8-3-9-15-30/h1-20,22-23,27H,21,24H2/t27-/m0/s1. The zero-order valence-electron chi connectivity index (χ0n) is 23.1. The molecule has 0 bridgehead atoms. The molecule has 0 aliphatic carbocycles. The number of hydrogen-bond acceptors (Lipinski definition) is 3. The molecule has 0 saturated heterocycles. The van der Waals surface area contributed by atoms with Crippen molar-refractivity contribution in [3.63, 3.8) is 0 Å². The molecule has 0 amide bonds. The largest absolute Gasteiger partial charge is 0.428 e. The molecule has 0 unspecified atom stereocenters. The van der Waals surface area contributed by atoms with Crippen LogP contribution in [0.15, 0.2) is 139 Å². The Balaban J connectivity index is 1.28. The lowest BCUT2D eigenvalue weighted by molar-refractivity contribution is -0.141. The molecule has 0 fully saturated rings. The molecule has 214 valence electrons. The lowest BCUT2D eigenvalue weighted by atomic mass is 9.80. The number of cyclic esters (lactones) is 1. The van der Waals surface area contributed by atoms with Crippen LogP contribution in [0.4, 0.5) is 4.39 Å². The van der Waals surface area contributed by atoms with E-state index in [0.717, 1.165) is 27.8 Å². The van der Waals surface area contributed by atoms with E-state index in [1.165, 1.54) is 12.1 Å². The van der Waals surface area contributed by atoms with E-state index in [-0.39, 0.29) is 18.8 Å². The summed E-state index contributed by atoms with van der Waals surface area (Å²) in [5.74, 6) is -0.863. The fourth-order valence-electron chi connectivity index (χ4n) is 5.53. The fraction of sp³-hybridized carbons (Fsp3) is 0.108. The van der Waals surface area contributed by atoms with Gasteiger partial charge in [0.05, 0.1) is 5.92 Å². The number of benzene rings is 5. The summed E-state index contributed by atoms with van der Waals surface area (Å²) in [7, 11) is 0. The third-order valence-corrected chi connectivity index (χ3v) is 8.31. The zero-order valence-corrected chi connectivity index (χ0v) is 24.6. The molecule has 1 aliphatic heterocycles. The fourth-order valence-corrected chi connectivity index (χ4v) is 6.17. The van der Waals surface area contributed by atoms with Crippen LogP contribution >= 0.6 is 23.2 Å². The topological polar surface area (TPSA) is 35.5 Å². The molecule has 1 aliphatic rings. The number of esters is 1. The molecule has 5 aromatic rings. The van der Waals surface area contributed by atoms with Crippen molar-refractivity contribution in [3.05, 3.63) is 177 Å². The predicted molar refractivity (Wildman–Crippen MR) is 168 cm³/mol. The minimum atomic E-state index is -0.947. The minimum absolute atomic E-state index is 0.0614. The molecule has 0 spiro atoms. The van der Waals surface area contributed by atoms with Crippen LogP contribution in [0.25, 0.3) is 11.1 Å². The highest BCUT2D eigenvalue weighted by Crippen LogP contribution is 2.41. The molecule has 43 heavy (non-hydrogen) atoms. The average molecular weight is 610 g/mol. The van der Waals surface area contributed by atoms with Crippen LogP contribution in [0.5, 0.6) is 0 Å². The van der Waals surface area contributed by atoms with E-state index < -0.39 is 17.5 Å². The molecule has 1 atom stereocenters. The number of ether oxygens (including phenoxy) is 2. The number of carbonyl (C=O) groups is 1. The van der Waals surface area contributed by atoms with Gasteiger partial charge in [0, 0.05) is 10.0 Å². The lowest BCUT2D eigenvalue weighted by Crippen LogP contribution is -2.33. The maximum atomic E-state index is 13.4. The Labute approximate surface area is 260 Å². The van der Waals surface area contributed by atoms with Crippen LogP contribution in [0.2, 0.25) is 10.0 Å². The monoisotopic (exact) mass is 608 g/mol. The van der Waals surface area contributed by atoms with Crippen molar-refractivity contribution in [3.8, 4) is 11.1 Å². The van der Waals surface area contributed by atoms with E-state index in [2.05, 4.69) is 0 Å². The average Bonchev–Trinajstić information content (AvgIpc) is 3.39. The third kappa shape index (κ3) is 6.00. The molecular formula is C37H27Cl2FO3. The summed E-state index contributed by atoms with van der Waals surface area (Å²) in [6, 6.07) is 39.7. The van der Waals surface area contributed by atoms with Gasteiger partial charge >= 0.3 is 5.97 Å². The molecule has 0 radical (unpaired) electrons. The van der Waals surface area contributed by atoms with Crippen LogP contribution in [-0.4, -0.2) is 12.6 Å². The van der Waals surface area contributed by atoms with Crippen molar-refractivity contribution in [1.29, 1.82) is 0 Å². The van der Waals surface area contributed by atoms with Gasteiger partial charge in [-0.05, 0) is 70.1 Å². The van der Waals surface area contributed by atoms with Gasteiger partial charge in [-0.1, -0.05) is 126 Å². The Hall–Kier alpha value is -4.22. The van der Waals surface area contributed by atoms with Crippen molar-refractivity contribution < 1.29 is 18.7 Å². The molecule has 0 saturated carbocycles. The number of carbonyl (C=O) groups excluding carboxylic acids is 1. The Morgan fingerprint density at radius 3 is 1.67 bits per heavy atom. The van der Waals surface area contributed by atoms with Crippen molar-refractivity contribution in [2.75, 3.05) is 6.61 Å². The van der Waals surface area contributed by atoms with Crippen LogP contribution < -0.4 is 0 Å². The van der Waals surface area contributed by atoms with Gasteiger partial charge in [-0.3, -0.25) is 4.79 Å². The first kappa shape index (κ1) is 28.9. The SMILES string of the molecule is O=C1OC(COC(c2ccccc2)(c2ccccc2)c2ccccc2)=C[C@H]1Cc1c(Cl)cc(-c2ccc(F)cc2)cc1Cl. The van der Waals surface area contributed by atoms with Gasteiger partial charge < -0.3 is 9.47 Å². The first-order valence-electron chi connectivity index (χ1n) is 13.9. The molecule has 0 aromatic heterocycles. The van der Waals surface area contributed by atoms with Gasteiger partial charge in [-0.15, -0.1) is 0 Å². The molecule has 0 N–H and O–H groups in total. The smallest absolute Gasteiger partial charge is 0.318 e. The third-order valence-electron chi connectivity index (χ3n) is 7.64. The zero-order chi connectivity index (χ0) is 29.8. The molecule has 1 heterocycles. The Morgan fingerprint density at radius 1 is 0.698 bits per heavy atom. The second-order valence-corrected chi connectivity index (χ2v) is 11.2. The Bertz CT molecular complexity index is 1640. The maximum Gasteiger partial charge on any atom is 0.318 e. The summed E-state index contributed by atoms with van der Waals surface area (Å²) < 4.78 is 25.9. The number of rotatable bonds is 9. The summed E-state index contributed by atoms with van der Waals surface area (Å²) in [6.45, 7) is 0.0614. The van der Waals surface area contributed by atoms with Crippen molar-refractivity contribution >= 4 is 29.2 Å². The molecule has 3 nitrogen and oxygen atoms in total. The van der Waals surface area contributed by atoms with E-state index in [1.54, 1.807) is 30.3 Å². The normalized spacial score (nSPS) is 14.8. The van der Waals surface area contributed by atoms with Crippen LogP contribution in [0.1, 0.15) is 22.3 Å². The van der Waals surface area contributed by atoms with Crippen molar-refractivity contribution in [2.45, 2.75) is 12.0 Å². The Morgan fingerprint density at radius 2 is 1.19 bits per heavy atom. The van der Waals surface area contributed by atoms with Crippen LogP contribution in [-0.2, 0) is 26.3 Å². The molecule has 6 rings (SSSR count). The van der Waals surface area contributed by atoms with E-state index in [4.69, 9.17) is 32.7 Å². The number of hydrogen-bond donors (Lipinski definition) is 0. The Kier molecular flexibility index (Phi) is 8.44. The van der Waals surface area contributed by atoms with Crippen LogP contribution in [0, 0.1) is 11.7 Å². The quantitative estimate of drug-likeness (QED) is 0.123. The predicted octanol–water partition coefficient (Wildman–Crippen LogP) is 9.41. The first-order chi connectivity index (χ1) is 20.9. The highest BCUT2D eigenvalue weighted by molar-refractivity contribution is 6.36.